The molecule has 1 fully saturated rings. The van der Waals surface area contributed by atoms with E-state index in [0.29, 0.717) is 35.5 Å². The van der Waals surface area contributed by atoms with E-state index >= 15 is 0 Å². The maximum atomic E-state index is 14.3. The van der Waals surface area contributed by atoms with E-state index < -0.39 is 17.7 Å². The van der Waals surface area contributed by atoms with Crippen molar-refractivity contribution in [1.29, 1.82) is 0 Å². The molecule has 1 N–H and O–H groups in total. The second-order valence-corrected chi connectivity index (χ2v) is 9.66. The van der Waals surface area contributed by atoms with Crippen LogP contribution in [-0.2, 0) is 6.54 Å². The van der Waals surface area contributed by atoms with Crippen molar-refractivity contribution in [2.75, 3.05) is 19.0 Å². The van der Waals surface area contributed by atoms with Crippen molar-refractivity contribution in [3.63, 3.8) is 0 Å². The molecule has 0 atom stereocenters. The molecule has 8 nitrogen and oxygen atoms in total. The molecule has 4 aromatic rings. The maximum Gasteiger partial charge on any atom is 0.322 e. The van der Waals surface area contributed by atoms with E-state index in [1.54, 1.807) is 41.2 Å². The molecule has 39 heavy (non-hydrogen) atoms. The van der Waals surface area contributed by atoms with Crippen LogP contribution in [0.2, 0.25) is 5.02 Å². The standard InChI is InChI=1S/C28H27ClF2N6O2/c1-39-25-9-6-19(16-22(25)29)27-34-26(18-10-12-32-13-11-18)35-37(27)15-14-36(21-4-2-3-5-21)28(38)33-24-8-7-20(30)17-23(24)31/h6-13,16-17,21H,2-5,14-15H2,1H3,(H,33,38). The predicted molar refractivity (Wildman–Crippen MR) is 145 cm³/mol. The van der Waals surface area contributed by atoms with Gasteiger partial charge < -0.3 is 15.0 Å². The summed E-state index contributed by atoms with van der Waals surface area (Å²) < 4.78 is 34.7. The van der Waals surface area contributed by atoms with Gasteiger partial charge >= 0.3 is 6.03 Å². The van der Waals surface area contributed by atoms with Gasteiger partial charge in [0.15, 0.2) is 11.6 Å². The summed E-state index contributed by atoms with van der Waals surface area (Å²) in [5, 5.41) is 7.78. The molecule has 202 valence electrons. The van der Waals surface area contributed by atoms with Gasteiger partial charge in [-0.15, -0.1) is 0 Å². The number of carbonyl (C=O) groups is 1. The van der Waals surface area contributed by atoms with Crippen LogP contribution >= 0.6 is 11.6 Å². The van der Waals surface area contributed by atoms with Gasteiger partial charge in [-0.25, -0.2) is 23.2 Å². The minimum atomic E-state index is -0.827. The first-order valence-electron chi connectivity index (χ1n) is 12.6. The second kappa shape index (κ2) is 11.8. The summed E-state index contributed by atoms with van der Waals surface area (Å²) in [4.78, 5) is 23.9. The number of hydrogen-bond donors (Lipinski definition) is 1. The molecule has 5 rings (SSSR count). The van der Waals surface area contributed by atoms with Crippen LogP contribution in [0, 0.1) is 11.6 Å². The Morgan fingerprint density at radius 1 is 1.10 bits per heavy atom. The predicted octanol–water partition coefficient (Wildman–Crippen LogP) is 6.42. The first kappa shape index (κ1) is 26.6. The van der Waals surface area contributed by atoms with Crippen LogP contribution in [0.3, 0.4) is 0 Å². The highest BCUT2D eigenvalue weighted by Gasteiger charge is 2.28. The minimum Gasteiger partial charge on any atom is -0.495 e. The lowest BCUT2D eigenvalue weighted by molar-refractivity contribution is 0.184. The lowest BCUT2D eigenvalue weighted by Gasteiger charge is -2.29. The molecule has 2 aromatic heterocycles. The summed E-state index contributed by atoms with van der Waals surface area (Å²) in [7, 11) is 1.55. The number of pyridine rings is 1. The first-order chi connectivity index (χ1) is 18.9. The molecule has 1 saturated carbocycles. The lowest BCUT2D eigenvalue weighted by atomic mass is 10.2. The summed E-state index contributed by atoms with van der Waals surface area (Å²) in [6.45, 7) is 0.627. The van der Waals surface area contributed by atoms with E-state index in [4.69, 9.17) is 26.4 Å². The van der Waals surface area contributed by atoms with E-state index in [2.05, 4.69) is 10.3 Å². The normalized spacial score (nSPS) is 13.4. The molecule has 0 saturated heterocycles. The molecule has 0 radical (unpaired) electrons. The Labute approximate surface area is 229 Å². The number of rotatable bonds is 8. The van der Waals surface area contributed by atoms with Crippen LogP contribution < -0.4 is 10.1 Å². The van der Waals surface area contributed by atoms with E-state index in [1.807, 2.05) is 18.2 Å². The fourth-order valence-corrected chi connectivity index (χ4v) is 5.04. The van der Waals surface area contributed by atoms with Gasteiger partial charge in [-0.2, -0.15) is 5.10 Å². The zero-order valence-electron chi connectivity index (χ0n) is 21.3. The van der Waals surface area contributed by atoms with Gasteiger partial charge in [0.1, 0.15) is 17.4 Å². The molecule has 0 unspecified atom stereocenters. The quantitative estimate of drug-likeness (QED) is 0.272. The number of nitrogens with zero attached hydrogens (tertiary/aromatic N) is 5. The van der Waals surface area contributed by atoms with Gasteiger partial charge in [0.05, 0.1) is 24.4 Å². The number of benzene rings is 2. The van der Waals surface area contributed by atoms with Gasteiger partial charge in [-0.3, -0.25) is 4.98 Å². The molecule has 0 bridgehead atoms. The number of nitrogens with one attached hydrogen (secondary N) is 1. The van der Waals surface area contributed by atoms with E-state index in [-0.39, 0.29) is 11.7 Å². The second-order valence-electron chi connectivity index (χ2n) is 9.25. The molecule has 11 heteroatoms. The first-order valence-corrected chi connectivity index (χ1v) is 13.0. The Balaban J connectivity index is 1.44. The van der Waals surface area contributed by atoms with Crippen molar-refractivity contribution >= 4 is 23.3 Å². The van der Waals surface area contributed by atoms with Crippen molar-refractivity contribution in [3.05, 3.63) is 77.6 Å². The SMILES string of the molecule is COc1ccc(-c2nc(-c3ccncc3)nn2CCN(C(=O)Nc2ccc(F)cc2F)C2CCCC2)cc1Cl. The van der Waals surface area contributed by atoms with Crippen LogP contribution in [0.25, 0.3) is 22.8 Å². The summed E-state index contributed by atoms with van der Waals surface area (Å²) in [6, 6.07) is 11.6. The minimum absolute atomic E-state index is 0.00409. The Morgan fingerprint density at radius 3 is 2.56 bits per heavy atom. The van der Waals surface area contributed by atoms with Crippen LogP contribution in [0.1, 0.15) is 25.7 Å². The molecule has 0 aliphatic heterocycles. The molecule has 2 amide bonds. The van der Waals surface area contributed by atoms with Gasteiger partial charge in [0, 0.05) is 42.2 Å². The fourth-order valence-electron chi connectivity index (χ4n) is 4.79. The average Bonchev–Trinajstić information content (AvgIpc) is 3.62. The fraction of sp³-hybridized carbons (Fsp3) is 0.286. The lowest BCUT2D eigenvalue weighted by Crippen LogP contribution is -2.43. The number of anilines is 1. The number of halogens is 3. The molecule has 1 aliphatic carbocycles. The van der Waals surface area contributed by atoms with Crippen molar-refractivity contribution in [3.8, 4) is 28.5 Å². The molecule has 1 aliphatic rings. The molecular weight excluding hydrogens is 526 g/mol. The smallest absolute Gasteiger partial charge is 0.322 e. The third-order valence-electron chi connectivity index (χ3n) is 6.77. The zero-order valence-corrected chi connectivity index (χ0v) is 22.0. The monoisotopic (exact) mass is 552 g/mol. The van der Waals surface area contributed by atoms with Crippen LogP contribution in [-0.4, -0.2) is 50.4 Å². The van der Waals surface area contributed by atoms with E-state index in [9.17, 15) is 13.6 Å². The Hall–Kier alpha value is -4.05. The van der Waals surface area contributed by atoms with Crippen LogP contribution in [0.5, 0.6) is 5.75 Å². The Morgan fingerprint density at radius 2 is 1.87 bits per heavy atom. The van der Waals surface area contributed by atoms with Gasteiger partial charge in [0.25, 0.3) is 0 Å². The Kier molecular flexibility index (Phi) is 8.02. The Bertz CT molecular complexity index is 1460. The number of hydrogen-bond acceptors (Lipinski definition) is 5. The summed E-state index contributed by atoms with van der Waals surface area (Å²) in [6.07, 6.45) is 7.04. The molecule has 0 spiro atoms. The number of methoxy groups -OCH3 is 1. The zero-order chi connectivity index (χ0) is 27.4. The molecule has 2 aromatic carbocycles. The van der Waals surface area contributed by atoms with Crippen molar-refractivity contribution in [2.24, 2.45) is 0 Å². The van der Waals surface area contributed by atoms with Crippen molar-refractivity contribution in [2.45, 2.75) is 38.3 Å². The molecule has 2 heterocycles. The van der Waals surface area contributed by atoms with E-state index in [1.165, 1.54) is 6.07 Å². The van der Waals surface area contributed by atoms with Gasteiger partial charge in [-0.1, -0.05) is 24.4 Å². The van der Waals surface area contributed by atoms with Gasteiger partial charge in [-0.05, 0) is 55.3 Å². The summed E-state index contributed by atoms with van der Waals surface area (Å²) in [5.41, 5.74) is 1.46. The average molecular weight is 553 g/mol. The van der Waals surface area contributed by atoms with E-state index in [0.717, 1.165) is 48.9 Å². The summed E-state index contributed by atoms with van der Waals surface area (Å²) >= 11 is 6.40. The number of aromatic nitrogens is 4. The van der Waals surface area contributed by atoms with Crippen molar-refractivity contribution < 1.29 is 18.3 Å². The number of amides is 2. The third kappa shape index (κ3) is 6.01. The summed E-state index contributed by atoms with van der Waals surface area (Å²) in [5.74, 6) is 0.0809. The number of ether oxygens (including phenoxy) is 1. The topological polar surface area (TPSA) is 85.2 Å². The highest BCUT2D eigenvalue weighted by molar-refractivity contribution is 6.32. The van der Waals surface area contributed by atoms with Crippen molar-refractivity contribution in [1.82, 2.24) is 24.6 Å². The number of urea groups is 1. The highest BCUT2D eigenvalue weighted by atomic mass is 35.5. The largest absolute Gasteiger partial charge is 0.495 e. The van der Waals surface area contributed by atoms with Gasteiger partial charge in [0.2, 0.25) is 0 Å². The third-order valence-corrected chi connectivity index (χ3v) is 7.07. The maximum absolute atomic E-state index is 14.3. The highest BCUT2D eigenvalue weighted by Crippen LogP contribution is 2.31. The van der Waals surface area contributed by atoms with Crippen LogP contribution in [0.4, 0.5) is 19.3 Å². The number of carbonyl (C=O) groups excluding carboxylic acids is 1. The van der Waals surface area contributed by atoms with Crippen LogP contribution in [0.15, 0.2) is 60.9 Å². The molecular formula is C28H27ClF2N6O2.